The molecule has 3 aromatic rings. The van der Waals surface area contributed by atoms with Crippen LogP contribution in [0.5, 0.6) is 0 Å². The van der Waals surface area contributed by atoms with Gasteiger partial charge < -0.3 is 9.73 Å². The van der Waals surface area contributed by atoms with Gasteiger partial charge in [-0.05, 0) is 48.7 Å². The maximum atomic E-state index is 12.5. The van der Waals surface area contributed by atoms with E-state index in [2.05, 4.69) is 15.5 Å². The first-order chi connectivity index (χ1) is 15.4. The Labute approximate surface area is 189 Å². The topological polar surface area (TPSA) is 119 Å². The molecule has 1 saturated heterocycles. The molecule has 2 heterocycles. The molecule has 32 heavy (non-hydrogen) atoms. The molecule has 8 nitrogen and oxygen atoms in total. The van der Waals surface area contributed by atoms with Gasteiger partial charge in [-0.25, -0.2) is 8.42 Å². The summed E-state index contributed by atoms with van der Waals surface area (Å²) in [7, 11) is -2.95. The van der Waals surface area contributed by atoms with Crippen molar-refractivity contribution in [3.8, 4) is 0 Å². The molecule has 1 N–H and O–H groups in total. The predicted molar refractivity (Wildman–Crippen MR) is 121 cm³/mol. The molecule has 0 spiro atoms. The summed E-state index contributed by atoms with van der Waals surface area (Å²) in [5.74, 6) is 0.533. The smallest absolute Gasteiger partial charge is 0.277 e. The summed E-state index contributed by atoms with van der Waals surface area (Å²) >= 11 is 1.14. The van der Waals surface area contributed by atoms with Crippen LogP contribution < -0.4 is 5.32 Å². The minimum Gasteiger partial charge on any atom is -0.416 e. The van der Waals surface area contributed by atoms with Crippen molar-refractivity contribution < 1.29 is 22.4 Å². The Morgan fingerprint density at radius 1 is 1.03 bits per heavy atom. The van der Waals surface area contributed by atoms with Crippen molar-refractivity contribution in [2.45, 2.75) is 18.1 Å². The van der Waals surface area contributed by atoms with Gasteiger partial charge in [-0.3, -0.25) is 9.59 Å². The first kappa shape index (κ1) is 22.2. The molecule has 1 aliphatic rings. The highest BCUT2D eigenvalue weighted by Crippen LogP contribution is 2.24. The van der Waals surface area contributed by atoms with E-state index >= 15 is 0 Å². The predicted octanol–water partition coefficient (Wildman–Crippen LogP) is 3.27. The number of hydrogen-bond acceptors (Lipinski definition) is 8. The molecule has 166 valence electrons. The molecule has 1 aliphatic heterocycles. The van der Waals surface area contributed by atoms with E-state index in [0.29, 0.717) is 35.5 Å². The van der Waals surface area contributed by atoms with Crippen molar-refractivity contribution >= 4 is 39.0 Å². The Balaban J connectivity index is 1.27. The van der Waals surface area contributed by atoms with E-state index in [4.69, 9.17) is 4.42 Å². The Hall–Kier alpha value is -2.98. The van der Waals surface area contributed by atoms with Gasteiger partial charge in [0.05, 0.1) is 17.3 Å². The van der Waals surface area contributed by atoms with E-state index in [1.54, 1.807) is 48.5 Å². The number of carbonyl (C=O) groups excluding carboxylic acids is 2. The van der Waals surface area contributed by atoms with E-state index in [9.17, 15) is 18.0 Å². The SMILES string of the molecule is O=C(CSc1nnc(CC2CCS(=O)(=O)C2)o1)c1ccc(NC(=O)c2ccccc2)cc1. The lowest BCUT2D eigenvalue weighted by Gasteiger charge is -2.06. The fourth-order valence-corrected chi connectivity index (χ4v) is 5.94. The zero-order valence-corrected chi connectivity index (χ0v) is 18.7. The molecule has 0 aliphatic carbocycles. The van der Waals surface area contributed by atoms with Crippen molar-refractivity contribution in [1.29, 1.82) is 0 Å². The van der Waals surface area contributed by atoms with Gasteiger partial charge in [-0.2, -0.15) is 0 Å². The molecule has 1 atom stereocenters. The molecular weight excluding hydrogens is 450 g/mol. The van der Waals surface area contributed by atoms with Crippen molar-refractivity contribution in [3.05, 3.63) is 71.6 Å². The zero-order chi connectivity index (χ0) is 22.6. The summed E-state index contributed by atoms with van der Waals surface area (Å²) in [6, 6.07) is 15.5. The highest BCUT2D eigenvalue weighted by Gasteiger charge is 2.29. The summed E-state index contributed by atoms with van der Waals surface area (Å²) in [5.41, 5.74) is 1.65. The van der Waals surface area contributed by atoms with Crippen LogP contribution in [-0.4, -0.2) is 47.6 Å². The Bertz CT molecular complexity index is 1210. The zero-order valence-electron chi connectivity index (χ0n) is 17.1. The second-order valence-corrected chi connectivity index (χ2v) is 10.7. The van der Waals surface area contributed by atoms with Crippen LogP contribution in [0.3, 0.4) is 0 Å². The van der Waals surface area contributed by atoms with E-state index < -0.39 is 9.84 Å². The fraction of sp³-hybridized carbons (Fsp3) is 0.273. The minimum atomic E-state index is -2.95. The Morgan fingerprint density at radius 2 is 1.78 bits per heavy atom. The van der Waals surface area contributed by atoms with Gasteiger partial charge >= 0.3 is 0 Å². The van der Waals surface area contributed by atoms with E-state index in [0.717, 1.165) is 11.8 Å². The minimum absolute atomic E-state index is 0.000767. The second kappa shape index (κ2) is 9.66. The summed E-state index contributed by atoms with van der Waals surface area (Å²) in [5, 5.41) is 11.0. The number of anilines is 1. The second-order valence-electron chi connectivity index (χ2n) is 7.54. The number of rotatable bonds is 8. The molecule has 1 aromatic heterocycles. The molecule has 10 heteroatoms. The van der Waals surface area contributed by atoms with E-state index in [1.165, 1.54) is 0 Å². The summed E-state index contributed by atoms with van der Waals surface area (Å²) in [6.45, 7) is 0. The molecule has 0 saturated carbocycles. The molecular formula is C22H21N3O5S2. The average molecular weight is 472 g/mol. The summed E-state index contributed by atoms with van der Waals surface area (Å²) < 4.78 is 28.7. The van der Waals surface area contributed by atoms with Gasteiger partial charge in [-0.1, -0.05) is 30.0 Å². The van der Waals surface area contributed by atoms with Crippen LogP contribution >= 0.6 is 11.8 Å². The number of hydrogen-bond donors (Lipinski definition) is 1. The largest absolute Gasteiger partial charge is 0.416 e. The van der Waals surface area contributed by atoms with Gasteiger partial charge in [0, 0.05) is 23.2 Å². The lowest BCUT2D eigenvalue weighted by Crippen LogP contribution is -2.11. The van der Waals surface area contributed by atoms with Crippen molar-refractivity contribution in [2.75, 3.05) is 22.6 Å². The average Bonchev–Trinajstić information content (AvgIpc) is 3.38. The van der Waals surface area contributed by atoms with Gasteiger partial charge in [0.2, 0.25) is 5.89 Å². The molecule has 2 aromatic carbocycles. The third-order valence-corrected chi connectivity index (χ3v) is 7.72. The van der Waals surface area contributed by atoms with Crippen LogP contribution in [0.2, 0.25) is 0 Å². The summed E-state index contributed by atoms with van der Waals surface area (Å²) in [6.07, 6.45) is 1.03. The number of Topliss-reactive ketones (excluding diaryl/α,β-unsaturated/α-hetero) is 1. The maximum Gasteiger partial charge on any atom is 0.277 e. The maximum absolute atomic E-state index is 12.5. The summed E-state index contributed by atoms with van der Waals surface area (Å²) in [4.78, 5) is 24.7. The first-order valence-corrected chi connectivity index (χ1v) is 12.8. The number of nitrogens with one attached hydrogen (secondary N) is 1. The molecule has 1 amide bonds. The van der Waals surface area contributed by atoms with Crippen LogP contribution in [-0.2, 0) is 16.3 Å². The number of amides is 1. The Morgan fingerprint density at radius 3 is 2.47 bits per heavy atom. The number of carbonyl (C=O) groups is 2. The van der Waals surface area contributed by atoms with Crippen molar-refractivity contribution in [2.24, 2.45) is 5.92 Å². The van der Waals surface area contributed by atoms with Crippen LogP contribution in [0.25, 0.3) is 0 Å². The van der Waals surface area contributed by atoms with Gasteiger partial charge in [0.25, 0.3) is 11.1 Å². The molecule has 0 bridgehead atoms. The third-order valence-electron chi connectivity index (χ3n) is 5.07. The van der Waals surface area contributed by atoms with Crippen LogP contribution in [0.1, 0.15) is 33.0 Å². The van der Waals surface area contributed by atoms with Crippen LogP contribution in [0.4, 0.5) is 5.69 Å². The van der Waals surface area contributed by atoms with Crippen LogP contribution in [0, 0.1) is 5.92 Å². The fourth-order valence-electron chi connectivity index (χ4n) is 3.40. The van der Waals surface area contributed by atoms with Crippen LogP contribution in [0.15, 0.2) is 64.2 Å². The number of benzene rings is 2. The molecule has 4 rings (SSSR count). The number of nitrogens with zero attached hydrogens (tertiary/aromatic N) is 2. The normalized spacial score (nSPS) is 17.2. The molecule has 1 fully saturated rings. The quantitative estimate of drug-likeness (QED) is 0.393. The number of ketones is 1. The van der Waals surface area contributed by atoms with E-state index in [1.807, 2.05) is 6.07 Å². The van der Waals surface area contributed by atoms with Crippen molar-refractivity contribution in [3.63, 3.8) is 0 Å². The van der Waals surface area contributed by atoms with Crippen molar-refractivity contribution in [1.82, 2.24) is 10.2 Å². The van der Waals surface area contributed by atoms with Gasteiger partial charge in [0.15, 0.2) is 15.6 Å². The molecule has 0 radical (unpaired) electrons. The number of aromatic nitrogens is 2. The number of thioether (sulfide) groups is 1. The van der Waals surface area contributed by atoms with Gasteiger partial charge in [-0.15, -0.1) is 10.2 Å². The monoisotopic (exact) mass is 471 g/mol. The lowest BCUT2D eigenvalue weighted by atomic mass is 10.1. The number of sulfone groups is 1. The molecule has 1 unspecified atom stereocenters. The standard InChI is InChI=1S/C22H21N3O5S2/c26-19(13-31-22-25-24-20(30-22)12-15-10-11-32(28,29)14-15)16-6-8-18(9-7-16)23-21(27)17-4-2-1-3-5-17/h1-9,15H,10-14H2,(H,23,27). The highest BCUT2D eigenvalue weighted by molar-refractivity contribution is 7.99. The first-order valence-electron chi connectivity index (χ1n) is 10.0. The Kier molecular flexibility index (Phi) is 6.71. The highest BCUT2D eigenvalue weighted by atomic mass is 32.2. The van der Waals surface area contributed by atoms with Gasteiger partial charge in [0.1, 0.15) is 0 Å². The lowest BCUT2D eigenvalue weighted by molar-refractivity contribution is 0.101. The van der Waals surface area contributed by atoms with E-state index in [-0.39, 0.29) is 40.1 Å². The third kappa shape index (κ3) is 5.83.